The number of aromatic nitrogens is 1. The Balaban J connectivity index is 3.19. The van der Waals surface area contributed by atoms with Crippen LogP contribution in [0, 0.1) is 5.95 Å². The fraction of sp³-hybridized carbons (Fsp3) is 0.333. The number of rotatable bonds is 4. The number of pyridine rings is 1. The van der Waals surface area contributed by atoms with Gasteiger partial charge in [-0.05, 0) is 0 Å². The van der Waals surface area contributed by atoms with E-state index in [4.69, 9.17) is 16.7 Å². The van der Waals surface area contributed by atoms with Gasteiger partial charge in [-0.15, -0.1) is 24.8 Å². The van der Waals surface area contributed by atoms with E-state index in [1.165, 1.54) is 0 Å². The first-order valence-electron chi connectivity index (χ1n) is 4.44. The van der Waals surface area contributed by atoms with Crippen molar-refractivity contribution in [3.05, 3.63) is 23.3 Å². The molecule has 4 nitrogen and oxygen atoms in total. The number of carboxylic acid groups (broad SMARTS) is 1. The van der Waals surface area contributed by atoms with Crippen LogP contribution in [0.1, 0.15) is 11.3 Å². The van der Waals surface area contributed by atoms with Gasteiger partial charge in [0.2, 0.25) is 5.95 Å². The Hall–Kier alpha value is -1.57. The third kappa shape index (κ3) is 4.02. The monoisotopic (exact) mass is 287 g/mol. The van der Waals surface area contributed by atoms with E-state index in [1.54, 1.807) is 0 Å². The number of nitrogens with zero attached hydrogens (tertiary/aromatic N) is 1. The molecule has 1 rings (SSSR count). The summed E-state index contributed by atoms with van der Waals surface area (Å²) in [6.45, 7) is 0. The Morgan fingerprint density at radius 2 is 2.11 bits per heavy atom. The minimum Gasteiger partial charge on any atom is -0.481 e. The smallest absolute Gasteiger partial charge is 0.481 e. The van der Waals surface area contributed by atoms with Crippen LogP contribution in [0.4, 0.5) is 17.6 Å². The van der Waals surface area contributed by atoms with Crippen LogP contribution in [0.3, 0.4) is 0 Å². The van der Waals surface area contributed by atoms with Gasteiger partial charge in [0, 0.05) is 6.07 Å². The second kappa shape index (κ2) is 5.38. The number of hydrogen-bond acceptors (Lipinski definition) is 3. The summed E-state index contributed by atoms with van der Waals surface area (Å²) < 4.78 is 53.0. The van der Waals surface area contributed by atoms with E-state index in [9.17, 15) is 22.4 Å². The first-order valence-corrected chi connectivity index (χ1v) is 4.98. The molecule has 0 unspecified atom stereocenters. The molecule has 1 aromatic rings. The Kier molecular flexibility index (Phi) is 4.33. The summed E-state index contributed by atoms with van der Waals surface area (Å²) >= 11 is 5.28. The van der Waals surface area contributed by atoms with E-state index in [-0.39, 0.29) is 0 Å². The predicted molar refractivity (Wildman–Crippen MR) is 51.8 cm³/mol. The highest BCUT2D eigenvalue weighted by molar-refractivity contribution is 6.17. The van der Waals surface area contributed by atoms with Crippen LogP contribution in [0.5, 0.6) is 5.75 Å². The Bertz CT molecular complexity index is 464. The van der Waals surface area contributed by atoms with Crippen molar-refractivity contribution >= 4 is 17.6 Å². The van der Waals surface area contributed by atoms with Crippen LogP contribution in [-0.2, 0) is 17.1 Å². The maximum absolute atomic E-state index is 13.3. The van der Waals surface area contributed by atoms with Crippen molar-refractivity contribution < 1.29 is 32.2 Å². The number of ether oxygens (including phenoxy) is 1. The highest BCUT2D eigenvalue weighted by atomic mass is 35.5. The molecule has 0 aromatic carbocycles. The lowest BCUT2D eigenvalue weighted by Gasteiger charge is -2.13. The van der Waals surface area contributed by atoms with Gasteiger partial charge in [0.25, 0.3) is 0 Å². The molecule has 0 aliphatic rings. The fourth-order valence-electron chi connectivity index (χ4n) is 1.15. The summed E-state index contributed by atoms with van der Waals surface area (Å²) in [5.41, 5.74) is -0.976. The van der Waals surface area contributed by atoms with Gasteiger partial charge in [-0.2, -0.15) is 4.39 Å². The topological polar surface area (TPSA) is 59.4 Å². The Labute approximate surface area is 103 Å². The first kappa shape index (κ1) is 14.5. The lowest BCUT2D eigenvalue weighted by Crippen LogP contribution is -2.19. The molecule has 1 heterocycles. The summed E-state index contributed by atoms with van der Waals surface area (Å²) in [6, 6.07) is 0.697. The van der Waals surface area contributed by atoms with Crippen LogP contribution >= 0.6 is 11.6 Å². The standard InChI is InChI=1S/C9H6ClF4NO3/c10-3-5-6(18-9(12,13)14)1-4(2-7(16)17)15-8(5)11/h1H,2-3H2,(H,16,17). The molecule has 0 aliphatic carbocycles. The molecule has 0 aliphatic heterocycles. The van der Waals surface area contributed by atoms with E-state index in [1.807, 2.05) is 0 Å². The second-order valence-corrected chi connectivity index (χ2v) is 3.40. The SMILES string of the molecule is O=C(O)Cc1cc(OC(F)(F)F)c(CCl)c(F)n1. The normalized spacial score (nSPS) is 11.4. The van der Waals surface area contributed by atoms with Crippen molar-refractivity contribution in [2.45, 2.75) is 18.7 Å². The summed E-state index contributed by atoms with van der Waals surface area (Å²) in [5, 5.41) is 8.46. The summed E-state index contributed by atoms with van der Waals surface area (Å²) in [7, 11) is 0. The van der Waals surface area contributed by atoms with Crippen LogP contribution in [0.25, 0.3) is 0 Å². The minimum absolute atomic E-state index is 0.395. The van der Waals surface area contributed by atoms with Crippen LogP contribution < -0.4 is 4.74 Å². The molecule has 0 saturated carbocycles. The molecule has 0 bridgehead atoms. The van der Waals surface area contributed by atoms with Crippen molar-refractivity contribution in [3.63, 3.8) is 0 Å². The maximum atomic E-state index is 13.3. The third-order valence-corrected chi connectivity index (χ3v) is 2.04. The average Bonchev–Trinajstić information content (AvgIpc) is 2.13. The van der Waals surface area contributed by atoms with Crippen molar-refractivity contribution in [2.75, 3.05) is 0 Å². The van der Waals surface area contributed by atoms with E-state index < -0.39 is 47.6 Å². The molecular weight excluding hydrogens is 282 g/mol. The molecule has 0 atom stereocenters. The van der Waals surface area contributed by atoms with Gasteiger partial charge in [0.1, 0.15) is 5.75 Å². The molecule has 0 fully saturated rings. The average molecular weight is 288 g/mol. The van der Waals surface area contributed by atoms with Gasteiger partial charge in [0.05, 0.1) is 23.6 Å². The van der Waals surface area contributed by atoms with Gasteiger partial charge < -0.3 is 9.84 Å². The van der Waals surface area contributed by atoms with Crippen LogP contribution in [0.15, 0.2) is 6.07 Å². The highest BCUT2D eigenvalue weighted by Crippen LogP contribution is 2.29. The molecular formula is C9H6ClF4NO3. The van der Waals surface area contributed by atoms with Gasteiger partial charge >= 0.3 is 12.3 Å². The number of hydrogen-bond donors (Lipinski definition) is 1. The summed E-state index contributed by atoms with van der Waals surface area (Å²) in [4.78, 5) is 13.6. The van der Waals surface area contributed by atoms with Crippen molar-refractivity contribution in [1.82, 2.24) is 4.98 Å². The molecule has 1 aromatic heterocycles. The Morgan fingerprint density at radius 3 is 2.56 bits per heavy atom. The van der Waals surface area contributed by atoms with E-state index in [2.05, 4.69) is 9.72 Å². The number of carbonyl (C=O) groups is 1. The number of carboxylic acids is 1. The minimum atomic E-state index is -5.03. The lowest BCUT2D eigenvalue weighted by molar-refractivity contribution is -0.275. The van der Waals surface area contributed by atoms with E-state index in [0.29, 0.717) is 6.07 Å². The summed E-state index contributed by atoms with van der Waals surface area (Å²) in [5.74, 6) is -4.12. The largest absolute Gasteiger partial charge is 0.573 e. The number of halogens is 5. The highest BCUT2D eigenvalue weighted by Gasteiger charge is 2.33. The lowest BCUT2D eigenvalue weighted by atomic mass is 10.2. The van der Waals surface area contributed by atoms with E-state index >= 15 is 0 Å². The zero-order valence-electron chi connectivity index (χ0n) is 8.59. The fourth-order valence-corrected chi connectivity index (χ4v) is 1.39. The molecule has 0 spiro atoms. The quantitative estimate of drug-likeness (QED) is 0.525. The molecule has 9 heteroatoms. The van der Waals surface area contributed by atoms with Gasteiger partial charge in [-0.1, -0.05) is 0 Å². The van der Waals surface area contributed by atoms with Crippen molar-refractivity contribution in [3.8, 4) is 5.75 Å². The van der Waals surface area contributed by atoms with Gasteiger partial charge in [0.15, 0.2) is 0 Å². The maximum Gasteiger partial charge on any atom is 0.573 e. The van der Waals surface area contributed by atoms with E-state index in [0.717, 1.165) is 0 Å². The summed E-state index contributed by atoms with van der Waals surface area (Å²) in [6.07, 6.45) is -5.76. The molecule has 1 N–H and O–H groups in total. The molecule has 0 radical (unpaired) electrons. The number of aliphatic carboxylic acids is 1. The Morgan fingerprint density at radius 1 is 1.50 bits per heavy atom. The third-order valence-electron chi connectivity index (χ3n) is 1.78. The predicted octanol–water partition coefficient (Wildman–Crippen LogP) is 2.49. The molecule has 18 heavy (non-hydrogen) atoms. The molecule has 0 saturated heterocycles. The van der Waals surface area contributed by atoms with Crippen molar-refractivity contribution in [2.24, 2.45) is 0 Å². The zero-order valence-corrected chi connectivity index (χ0v) is 9.35. The second-order valence-electron chi connectivity index (χ2n) is 3.13. The molecule has 0 amide bonds. The van der Waals surface area contributed by atoms with Gasteiger partial charge in [-0.3, -0.25) is 4.79 Å². The van der Waals surface area contributed by atoms with Gasteiger partial charge in [-0.25, -0.2) is 4.98 Å². The van der Waals surface area contributed by atoms with Crippen LogP contribution in [0.2, 0.25) is 0 Å². The first-order chi connectivity index (χ1) is 8.23. The van der Waals surface area contributed by atoms with Crippen LogP contribution in [-0.4, -0.2) is 22.4 Å². The number of alkyl halides is 4. The zero-order chi connectivity index (χ0) is 13.9. The van der Waals surface area contributed by atoms with Crippen molar-refractivity contribution in [1.29, 1.82) is 0 Å². The molecule has 100 valence electrons.